The highest BCUT2D eigenvalue weighted by atomic mass is 32.2. The van der Waals surface area contributed by atoms with Gasteiger partial charge in [-0.25, -0.2) is 0 Å². The molecule has 0 saturated heterocycles. The predicted molar refractivity (Wildman–Crippen MR) is 95.2 cm³/mol. The van der Waals surface area contributed by atoms with Crippen LogP contribution in [0.5, 0.6) is 5.75 Å². The number of nitriles is 1. The largest absolute Gasteiger partial charge is 0.496 e. The number of ether oxygens (including phenoxy) is 1. The van der Waals surface area contributed by atoms with Gasteiger partial charge in [-0.2, -0.15) is 5.26 Å². The minimum Gasteiger partial charge on any atom is -0.496 e. The molecule has 1 heterocycles. The highest BCUT2D eigenvalue weighted by molar-refractivity contribution is 8.03. The number of Topliss-reactive ketones (excluding diaryl/α,β-unsaturated/α-hetero) is 1. The first-order chi connectivity index (χ1) is 11.4. The van der Waals surface area contributed by atoms with Crippen LogP contribution in [0.2, 0.25) is 0 Å². The van der Waals surface area contributed by atoms with Crippen LogP contribution in [0.1, 0.15) is 37.5 Å². The Labute approximate surface area is 146 Å². The van der Waals surface area contributed by atoms with Crippen LogP contribution in [0.4, 0.5) is 0 Å². The zero-order valence-corrected chi connectivity index (χ0v) is 14.9. The molecule has 24 heavy (non-hydrogen) atoms. The zero-order chi connectivity index (χ0) is 17.5. The average molecular weight is 340 g/mol. The number of ketones is 1. The van der Waals surface area contributed by atoms with Crippen LogP contribution in [0.25, 0.3) is 0 Å². The third kappa shape index (κ3) is 2.71. The van der Waals surface area contributed by atoms with Gasteiger partial charge < -0.3 is 10.5 Å². The van der Waals surface area contributed by atoms with Crippen molar-refractivity contribution in [2.45, 2.75) is 31.9 Å². The maximum Gasteiger partial charge on any atom is 0.166 e. The van der Waals surface area contributed by atoms with Crippen LogP contribution in [-0.2, 0) is 4.79 Å². The van der Waals surface area contributed by atoms with Gasteiger partial charge in [-0.05, 0) is 22.8 Å². The van der Waals surface area contributed by atoms with E-state index >= 15 is 0 Å². The van der Waals surface area contributed by atoms with Crippen LogP contribution in [-0.4, -0.2) is 12.9 Å². The van der Waals surface area contributed by atoms with Crippen LogP contribution in [0, 0.1) is 16.7 Å². The van der Waals surface area contributed by atoms with Gasteiger partial charge in [0.25, 0.3) is 0 Å². The van der Waals surface area contributed by atoms with Crippen molar-refractivity contribution >= 4 is 17.5 Å². The third-order valence-corrected chi connectivity index (χ3v) is 5.82. The number of hydrogen-bond donors (Lipinski definition) is 1. The molecule has 0 aromatic heterocycles. The smallest absolute Gasteiger partial charge is 0.166 e. The van der Waals surface area contributed by atoms with Crippen LogP contribution >= 0.6 is 11.8 Å². The van der Waals surface area contributed by atoms with Gasteiger partial charge in [0.15, 0.2) is 5.78 Å². The first kappa shape index (κ1) is 16.7. The molecule has 0 fully saturated rings. The first-order valence-corrected chi connectivity index (χ1v) is 8.72. The van der Waals surface area contributed by atoms with E-state index in [2.05, 4.69) is 19.9 Å². The lowest BCUT2D eigenvalue weighted by molar-refractivity contribution is -0.117. The van der Waals surface area contributed by atoms with Crippen LogP contribution < -0.4 is 10.5 Å². The second kappa shape index (κ2) is 6.03. The van der Waals surface area contributed by atoms with Crippen molar-refractivity contribution < 1.29 is 9.53 Å². The Morgan fingerprint density at radius 2 is 2.04 bits per heavy atom. The van der Waals surface area contributed by atoms with Gasteiger partial charge in [0.2, 0.25) is 0 Å². The van der Waals surface area contributed by atoms with E-state index in [1.54, 1.807) is 18.9 Å². The molecule has 124 valence electrons. The topological polar surface area (TPSA) is 76.1 Å². The molecule has 1 aliphatic carbocycles. The van der Waals surface area contributed by atoms with E-state index in [4.69, 9.17) is 10.5 Å². The number of hydrogen-bond acceptors (Lipinski definition) is 5. The molecule has 1 unspecified atom stereocenters. The van der Waals surface area contributed by atoms with E-state index in [1.165, 1.54) is 0 Å². The van der Waals surface area contributed by atoms with Crippen LogP contribution in [0.3, 0.4) is 0 Å². The summed E-state index contributed by atoms with van der Waals surface area (Å²) >= 11 is 1.56. The number of methoxy groups -OCH3 is 1. The average Bonchev–Trinajstić information content (AvgIpc) is 2.52. The van der Waals surface area contributed by atoms with Gasteiger partial charge >= 0.3 is 0 Å². The van der Waals surface area contributed by atoms with E-state index in [0.717, 1.165) is 22.6 Å². The van der Waals surface area contributed by atoms with Crippen molar-refractivity contribution in [2.24, 2.45) is 11.1 Å². The molecule has 3 rings (SSSR count). The number of thioether (sulfide) groups is 1. The van der Waals surface area contributed by atoms with Crippen molar-refractivity contribution in [2.75, 3.05) is 7.11 Å². The molecule has 4 nitrogen and oxygen atoms in total. The summed E-state index contributed by atoms with van der Waals surface area (Å²) < 4.78 is 5.46. The summed E-state index contributed by atoms with van der Waals surface area (Å²) in [7, 11) is 1.61. The summed E-state index contributed by atoms with van der Waals surface area (Å²) in [6, 6.07) is 9.86. The number of benzene rings is 1. The van der Waals surface area contributed by atoms with E-state index in [1.807, 2.05) is 24.3 Å². The third-order valence-electron chi connectivity index (χ3n) is 4.46. The lowest BCUT2D eigenvalue weighted by Crippen LogP contribution is -2.30. The summed E-state index contributed by atoms with van der Waals surface area (Å²) in [5, 5.41) is 9.42. The van der Waals surface area contributed by atoms with Crippen molar-refractivity contribution in [3.63, 3.8) is 0 Å². The fourth-order valence-corrected chi connectivity index (χ4v) is 5.08. The highest BCUT2D eigenvalue weighted by Gasteiger charge is 2.40. The second-order valence-electron chi connectivity index (χ2n) is 6.92. The Hall–Kier alpha value is -2.19. The fourth-order valence-electron chi connectivity index (χ4n) is 3.36. The maximum atomic E-state index is 12.6. The van der Waals surface area contributed by atoms with Crippen molar-refractivity contribution in [1.82, 2.24) is 0 Å². The standard InChI is InChI=1S/C19H20N2O2S/c1-19(2)8-13(22)16-15(9-19)24-18(12(10-20)17(16)21)11-6-4-5-7-14(11)23-3/h4-7,18H,8-9,21H2,1-3H3. The van der Waals surface area contributed by atoms with Gasteiger partial charge in [0.05, 0.1) is 35.3 Å². The van der Waals surface area contributed by atoms with E-state index in [9.17, 15) is 10.1 Å². The molecule has 2 N–H and O–H groups in total. The Morgan fingerprint density at radius 1 is 1.33 bits per heavy atom. The number of nitrogens with two attached hydrogens (primary N) is 1. The normalized spacial score (nSPS) is 22.9. The van der Waals surface area contributed by atoms with Crippen molar-refractivity contribution in [3.05, 3.63) is 51.6 Å². The molecule has 1 aromatic rings. The molecular formula is C19H20N2O2S. The first-order valence-electron chi connectivity index (χ1n) is 7.84. The Kier molecular flexibility index (Phi) is 4.18. The maximum absolute atomic E-state index is 12.6. The monoisotopic (exact) mass is 340 g/mol. The number of carbonyl (C=O) groups excluding carboxylic acids is 1. The molecule has 1 atom stereocenters. The molecular weight excluding hydrogens is 320 g/mol. The molecule has 2 aliphatic rings. The number of nitrogens with zero attached hydrogens (tertiary/aromatic N) is 1. The van der Waals surface area contributed by atoms with E-state index in [0.29, 0.717) is 23.3 Å². The number of para-hydroxylation sites is 1. The molecule has 5 heteroatoms. The van der Waals surface area contributed by atoms with Gasteiger partial charge in [-0.15, -0.1) is 11.8 Å². The zero-order valence-electron chi connectivity index (χ0n) is 14.1. The number of carbonyl (C=O) groups is 1. The van der Waals surface area contributed by atoms with Gasteiger partial charge in [0, 0.05) is 12.0 Å². The van der Waals surface area contributed by atoms with Crippen molar-refractivity contribution in [1.29, 1.82) is 5.26 Å². The van der Waals surface area contributed by atoms with Gasteiger partial charge in [-0.1, -0.05) is 32.0 Å². The predicted octanol–water partition coefficient (Wildman–Crippen LogP) is 3.86. The van der Waals surface area contributed by atoms with E-state index < -0.39 is 0 Å². The highest BCUT2D eigenvalue weighted by Crippen LogP contribution is 2.54. The number of rotatable bonds is 2. The van der Waals surface area contributed by atoms with Crippen LogP contribution in [0.15, 0.2) is 46.0 Å². The van der Waals surface area contributed by atoms with Gasteiger partial charge in [-0.3, -0.25) is 4.79 Å². The molecule has 0 amide bonds. The summed E-state index contributed by atoms with van der Waals surface area (Å²) in [6.07, 6.45) is 1.26. The summed E-state index contributed by atoms with van der Waals surface area (Å²) in [4.78, 5) is 13.6. The summed E-state index contributed by atoms with van der Waals surface area (Å²) in [5.41, 5.74) is 8.43. The summed E-state index contributed by atoms with van der Waals surface area (Å²) in [5.74, 6) is 0.762. The molecule has 0 saturated carbocycles. The lowest BCUT2D eigenvalue weighted by Gasteiger charge is -2.36. The minimum absolute atomic E-state index is 0.0393. The second-order valence-corrected chi connectivity index (χ2v) is 8.12. The SMILES string of the molecule is COc1ccccc1C1SC2=C(C(=O)CC(C)(C)C2)C(N)=C1C#N. The molecule has 0 radical (unpaired) electrons. The lowest BCUT2D eigenvalue weighted by atomic mass is 9.76. The minimum atomic E-state index is -0.244. The Morgan fingerprint density at radius 3 is 2.71 bits per heavy atom. The molecule has 1 aromatic carbocycles. The molecule has 0 spiro atoms. The number of allylic oxidation sites excluding steroid dienone is 2. The van der Waals surface area contributed by atoms with Gasteiger partial charge in [0.1, 0.15) is 5.75 Å². The fraction of sp³-hybridized carbons (Fsp3) is 0.368. The molecule has 0 bridgehead atoms. The Balaban J connectivity index is 2.14. The van der Waals surface area contributed by atoms with Crippen molar-refractivity contribution in [3.8, 4) is 11.8 Å². The quantitative estimate of drug-likeness (QED) is 0.884. The van der Waals surface area contributed by atoms with E-state index in [-0.39, 0.29) is 16.4 Å². The Bertz CT molecular complexity index is 815. The molecule has 1 aliphatic heterocycles. The summed E-state index contributed by atoms with van der Waals surface area (Å²) in [6.45, 7) is 4.18.